The zero-order valence-electron chi connectivity index (χ0n) is 9.77. The van der Waals surface area contributed by atoms with E-state index in [1.807, 2.05) is 17.9 Å². The largest absolute Gasteiger partial charge is 0.496 e. The lowest BCUT2D eigenvalue weighted by Crippen LogP contribution is -2.24. The van der Waals surface area contributed by atoms with E-state index in [-0.39, 0.29) is 12.2 Å². The van der Waals surface area contributed by atoms with E-state index in [0.717, 1.165) is 12.1 Å². The second-order valence-corrected chi connectivity index (χ2v) is 4.23. The van der Waals surface area contributed by atoms with Crippen LogP contribution >= 0.6 is 11.6 Å². The molecule has 1 fully saturated rings. The number of methoxy groups -OCH3 is 1. The van der Waals surface area contributed by atoms with Crippen molar-refractivity contribution in [2.45, 2.75) is 13.2 Å². The van der Waals surface area contributed by atoms with E-state index in [0.29, 0.717) is 17.3 Å². The van der Waals surface area contributed by atoms with Gasteiger partial charge >= 0.3 is 5.97 Å². The lowest BCUT2D eigenvalue weighted by atomic mass is 10.1. The summed E-state index contributed by atoms with van der Waals surface area (Å²) < 4.78 is 10.6. The Hall–Kier alpha value is -1.26. The molecule has 1 aliphatic heterocycles. The molecule has 0 radical (unpaired) electrons. The van der Waals surface area contributed by atoms with E-state index in [2.05, 4.69) is 0 Å². The molecule has 1 aliphatic rings. The number of benzene rings is 1. The minimum absolute atomic E-state index is 0.214. The molecule has 0 unspecified atom stereocenters. The van der Waals surface area contributed by atoms with Crippen molar-refractivity contribution in [1.29, 1.82) is 0 Å². The van der Waals surface area contributed by atoms with Crippen LogP contribution in [-0.2, 0) is 9.53 Å². The Morgan fingerprint density at radius 2 is 2.35 bits per heavy atom. The number of carbonyl (C=O) groups excluding carboxylic acids is 1. The topological polar surface area (TPSA) is 38.8 Å². The minimum Gasteiger partial charge on any atom is -0.496 e. The van der Waals surface area contributed by atoms with Gasteiger partial charge in [-0.25, -0.2) is 0 Å². The number of hydrogen-bond acceptors (Lipinski definition) is 4. The number of ether oxygens (including phenoxy) is 2. The molecular weight excluding hydrogens is 242 g/mol. The van der Waals surface area contributed by atoms with Gasteiger partial charge in [-0.05, 0) is 24.7 Å². The van der Waals surface area contributed by atoms with Crippen LogP contribution in [-0.4, -0.2) is 31.1 Å². The van der Waals surface area contributed by atoms with Crippen LogP contribution in [0.1, 0.15) is 18.7 Å². The van der Waals surface area contributed by atoms with Gasteiger partial charge in [-0.2, -0.15) is 0 Å². The summed E-state index contributed by atoms with van der Waals surface area (Å²) in [4.78, 5) is 13.3. The number of likely N-dealkylation sites (N-methyl/N-ethyl adjacent to an activating group) is 1. The normalized spacial score (nSPS) is 20.4. The molecule has 1 aromatic rings. The SMILES string of the molecule is CCN1CC(=O)O[C@@H]1c1ccc(Cl)cc1OC. The van der Waals surface area contributed by atoms with E-state index >= 15 is 0 Å². The first-order chi connectivity index (χ1) is 8.15. The van der Waals surface area contributed by atoms with Gasteiger partial charge in [-0.15, -0.1) is 0 Å². The highest BCUT2D eigenvalue weighted by atomic mass is 35.5. The smallest absolute Gasteiger partial charge is 0.322 e. The van der Waals surface area contributed by atoms with Gasteiger partial charge in [0.25, 0.3) is 0 Å². The molecule has 1 atom stereocenters. The van der Waals surface area contributed by atoms with Gasteiger partial charge in [0.1, 0.15) is 12.3 Å². The number of cyclic esters (lactones) is 1. The van der Waals surface area contributed by atoms with Gasteiger partial charge in [-0.1, -0.05) is 18.5 Å². The molecule has 1 aromatic carbocycles. The molecule has 0 saturated carbocycles. The van der Waals surface area contributed by atoms with Crippen LogP contribution in [0, 0.1) is 0 Å². The molecule has 92 valence electrons. The zero-order chi connectivity index (χ0) is 12.4. The molecular formula is C12H14ClNO3. The van der Waals surface area contributed by atoms with E-state index in [1.54, 1.807) is 19.2 Å². The number of halogens is 1. The summed E-state index contributed by atoms with van der Waals surface area (Å²) in [5.41, 5.74) is 0.824. The van der Waals surface area contributed by atoms with Crippen LogP contribution in [0.3, 0.4) is 0 Å². The van der Waals surface area contributed by atoms with Crippen LogP contribution in [0.25, 0.3) is 0 Å². The monoisotopic (exact) mass is 255 g/mol. The molecule has 5 heteroatoms. The van der Waals surface area contributed by atoms with Crippen LogP contribution in [0.2, 0.25) is 5.02 Å². The Bertz CT molecular complexity index is 436. The second kappa shape index (κ2) is 4.94. The highest BCUT2D eigenvalue weighted by Gasteiger charge is 2.33. The van der Waals surface area contributed by atoms with Crippen molar-refractivity contribution in [1.82, 2.24) is 4.90 Å². The maximum absolute atomic E-state index is 11.3. The van der Waals surface area contributed by atoms with Gasteiger partial charge in [0.05, 0.1) is 7.11 Å². The molecule has 0 aliphatic carbocycles. The minimum atomic E-state index is -0.375. The summed E-state index contributed by atoms with van der Waals surface area (Å²) in [5, 5.41) is 0.595. The molecule has 0 spiro atoms. The highest BCUT2D eigenvalue weighted by molar-refractivity contribution is 6.30. The van der Waals surface area contributed by atoms with Gasteiger partial charge in [0, 0.05) is 10.6 Å². The molecule has 0 bridgehead atoms. The summed E-state index contributed by atoms with van der Waals surface area (Å²) in [6.07, 6.45) is -0.375. The number of esters is 1. The third-order valence-electron chi connectivity index (χ3n) is 2.77. The maximum Gasteiger partial charge on any atom is 0.322 e. The van der Waals surface area contributed by atoms with Crippen molar-refractivity contribution in [3.05, 3.63) is 28.8 Å². The Morgan fingerprint density at radius 3 is 3.00 bits per heavy atom. The fraction of sp³-hybridized carbons (Fsp3) is 0.417. The van der Waals surface area contributed by atoms with Gasteiger partial charge in [0.2, 0.25) is 0 Å². The first-order valence-electron chi connectivity index (χ1n) is 5.42. The standard InChI is InChI=1S/C12H14ClNO3/c1-3-14-7-11(15)17-12(14)9-5-4-8(13)6-10(9)16-2/h4-6,12H,3,7H2,1-2H3/t12-/m1/s1. The quantitative estimate of drug-likeness (QED) is 0.777. The average Bonchev–Trinajstić information content (AvgIpc) is 2.70. The summed E-state index contributed by atoms with van der Waals surface area (Å²) in [5.74, 6) is 0.421. The van der Waals surface area contributed by atoms with Crippen molar-refractivity contribution in [2.24, 2.45) is 0 Å². The Kier molecular flexibility index (Phi) is 3.54. The summed E-state index contributed by atoms with van der Waals surface area (Å²) in [7, 11) is 1.57. The van der Waals surface area contributed by atoms with E-state index in [9.17, 15) is 4.79 Å². The summed E-state index contributed by atoms with van der Waals surface area (Å²) in [6, 6.07) is 5.31. The predicted octanol–water partition coefficient (Wildman–Crippen LogP) is 2.23. The number of nitrogens with zero attached hydrogens (tertiary/aromatic N) is 1. The lowest BCUT2D eigenvalue weighted by Gasteiger charge is -2.21. The lowest BCUT2D eigenvalue weighted by molar-refractivity contribution is -0.141. The molecule has 4 nitrogen and oxygen atoms in total. The van der Waals surface area contributed by atoms with Crippen LogP contribution < -0.4 is 4.74 Å². The number of carbonyl (C=O) groups is 1. The predicted molar refractivity (Wildman–Crippen MR) is 64.1 cm³/mol. The molecule has 17 heavy (non-hydrogen) atoms. The second-order valence-electron chi connectivity index (χ2n) is 3.79. The molecule has 0 N–H and O–H groups in total. The molecule has 1 heterocycles. The Morgan fingerprint density at radius 1 is 1.59 bits per heavy atom. The summed E-state index contributed by atoms with van der Waals surface area (Å²) >= 11 is 5.90. The zero-order valence-corrected chi connectivity index (χ0v) is 10.5. The Balaban J connectivity index is 2.36. The van der Waals surface area contributed by atoms with Gasteiger partial charge < -0.3 is 9.47 Å². The van der Waals surface area contributed by atoms with E-state index in [4.69, 9.17) is 21.1 Å². The first-order valence-corrected chi connectivity index (χ1v) is 5.80. The number of hydrogen-bond donors (Lipinski definition) is 0. The van der Waals surface area contributed by atoms with Crippen molar-refractivity contribution < 1.29 is 14.3 Å². The van der Waals surface area contributed by atoms with Crippen LogP contribution in [0.5, 0.6) is 5.75 Å². The Labute approximate surface area is 105 Å². The van der Waals surface area contributed by atoms with Crippen LogP contribution in [0.15, 0.2) is 18.2 Å². The fourth-order valence-corrected chi connectivity index (χ4v) is 2.07. The average molecular weight is 256 g/mol. The van der Waals surface area contributed by atoms with Gasteiger partial charge in [-0.3, -0.25) is 9.69 Å². The highest BCUT2D eigenvalue weighted by Crippen LogP contribution is 2.35. The van der Waals surface area contributed by atoms with Crippen LogP contribution in [0.4, 0.5) is 0 Å². The third-order valence-corrected chi connectivity index (χ3v) is 3.01. The molecule has 1 saturated heterocycles. The van der Waals surface area contributed by atoms with Crippen molar-refractivity contribution in [3.63, 3.8) is 0 Å². The fourth-order valence-electron chi connectivity index (χ4n) is 1.91. The van der Waals surface area contributed by atoms with Crippen molar-refractivity contribution >= 4 is 17.6 Å². The van der Waals surface area contributed by atoms with Crippen molar-refractivity contribution in [3.8, 4) is 5.75 Å². The molecule has 2 rings (SSSR count). The molecule has 0 aromatic heterocycles. The molecule has 0 amide bonds. The maximum atomic E-state index is 11.3. The van der Waals surface area contributed by atoms with E-state index in [1.165, 1.54) is 0 Å². The van der Waals surface area contributed by atoms with Crippen molar-refractivity contribution in [2.75, 3.05) is 20.2 Å². The summed E-state index contributed by atoms with van der Waals surface area (Å²) in [6.45, 7) is 3.03. The first kappa shape index (κ1) is 12.2. The number of rotatable bonds is 3. The van der Waals surface area contributed by atoms with E-state index < -0.39 is 0 Å². The third kappa shape index (κ3) is 2.37. The van der Waals surface area contributed by atoms with Gasteiger partial charge in [0.15, 0.2) is 6.23 Å².